The number of hydrogen-bond acceptors (Lipinski definition) is 3. The third kappa shape index (κ3) is 2.35. The van der Waals surface area contributed by atoms with E-state index in [1.54, 1.807) is 25.3 Å². The first-order valence-corrected chi connectivity index (χ1v) is 4.75. The Morgan fingerprint density at radius 3 is 2.86 bits per heavy atom. The number of benzene rings is 1. The van der Waals surface area contributed by atoms with Gasteiger partial charge in [-0.3, -0.25) is 0 Å². The van der Waals surface area contributed by atoms with Crippen LogP contribution in [0.15, 0.2) is 18.2 Å². The monoisotopic (exact) mass is 211 g/mol. The Hall–Kier alpha value is -1.29. The maximum Gasteiger partial charge on any atom is 0.132 e. The molecule has 4 heteroatoms. The van der Waals surface area contributed by atoms with Gasteiger partial charge in [0, 0.05) is 12.6 Å². The number of hydrogen-bond donors (Lipinski definition) is 2. The predicted molar refractivity (Wildman–Crippen MR) is 60.0 cm³/mol. The third-order valence-corrected chi connectivity index (χ3v) is 2.13. The van der Waals surface area contributed by atoms with Gasteiger partial charge in [0.15, 0.2) is 0 Å². The second-order valence-electron chi connectivity index (χ2n) is 2.74. The van der Waals surface area contributed by atoms with Gasteiger partial charge in [0.2, 0.25) is 0 Å². The number of rotatable bonds is 3. The minimum absolute atomic E-state index is 0.171. The minimum atomic E-state index is 0.171. The molecule has 3 nitrogen and oxygen atoms in total. The van der Waals surface area contributed by atoms with Crippen LogP contribution in [0.2, 0.25) is 0 Å². The summed E-state index contributed by atoms with van der Waals surface area (Å²) in [4.78, 5) is 0.629. The summed E-state index contributed by atoms with van der Waals surface area (Å²) in [6, 6.07) is 4.86. The van der Waals surface area contributed by atoms with Crippen LogP contribution in [-0.4, -0.2) is 23.7 Å². The Morgan fingerprint density at radius 1 is 1.57 bits per heavy atom. The van der Waals surface area contributed by atoms with Crippen molar-refractivity contribution >= 4 is 17.2 Å². The molecule has 0 amide bonds. The van der Waals surface area contributed by atoms with Gasteiger partial charge in [-0.05, 0) is 19.1 Å². The molecule has 0 aromatic heterocycles. The molecule has 1 aromatic rings. The molecule has 14 heavy (non-hydrogen) atoms. The Labute approximate surface area is 88.7 Å². The maximum atomic E-state index is 9.24. The van der Waals surface area contributed by atoms with Gasteiger partial charge >= 0.3 is 0 Å². The van der Waals surface area contributed by atoms with Crippen LogP contribution in [0.4, 0.5) is 0 Å². The molecule has 0 aliphatic carbocycles. The van der Waals surface area contributed by atoms with Crippen LogP contribution >= 0.6 is 12.2 Å². The van der Waals surface area contributed by atoms with Crippen molar-refractivity contribution in [3.8, 4) is 11.5 Å². The largest absolute Gasteiger partial charge is 0.508 e. The number of phenols is 1. The van der Waals surface area contributed by atoms with Gasteiger partial charge in [0.1, 0.15) is 16.5 Å². The Bertz CT molecular complexity index is 339. The quantitative estimate of drug-likeness (QED) is 0.746. The molecule has 0 heterocycles. The molecule has 0 saturated carbocycles. The molecule has 2 N–H and O–H groups in total. The Kier molecular flexibility index (Phi) is 3.71. The van der Waals surface area contributed by atoms with Gasteiger partial charge in [0.25, 0.3) is 0 Å². The molecular weight excluding hydrogens is 198 g/mol. The lowest BCUT2D eigenvalue weighted by Gasteiger charge is -2.10. The van der Waals surface area contributed by atoms with Crippen molar-refractivity contribution in [1.29, 1.82) is 0 Å². The SMILES string of the molecule is CCNC(=S)c1ccc(O)cc1OC. The van der Waals surface area contributed by atoms with Crippen molar-refractivity contribution in [3.05, 3.63) is 23.8 Å². The second kappa shape index (κ2) is 4.81. The molecule has 0 aliphatic heterocycles. The van der Waals surface area contributed by atoms with E-state index in [0.29, 0.717) is 10.7 Å². The summed E-state index contributed by atoms with van der Waals surface area (Å²) in [5.41, 5.74) is 0.794. The van der Waals surface area contributed by atoms with E-state index in [0.717, 1.165) is 12.1 Å². The molecule has 0 spiro atoms. The number of methoxy groups -OCH3 is 1. The van der Waals surface area contributed by atoms with E-state index >= 15 is 0 Å². The highest BCUT2D eigenvalue weighted by molar-refractivity contribution is 7.80. The average molecular weight is 211 g/mol. The van der Waals surface area contributed by atoms with Gasteiger partial charge in [-0.15, -0.1) is 0 Å². The van der Waals surface area contributed by atoms with Crippen LogP contribution in [0, 0.1) is 0 Å². The fourth-order valence-corrected chi connectivity index (χ4v) is 1.44. The molecule has 1 aromatic carbocycles. The summed E-state index contributed by atoms with van der Waals surface area (Å²) in [5.74, 6) is 0.751. The molecule has 1 rings (SSSR count). The summed E-state index contributed by atoms with van der Waals surface area (Å²) >= 11 is 5.14. The van der Waals surface area contributed by atoms with E-state index in [-0.39, 0.29) is 5.75 Å². The molecule has 0 radical (unpaired) electrons. The van der Waals surface area contributed by atoms with Crippen LogP contribution in [0.1, 0.15) is 12.5 Å². The summed E-state index contributed by atoms with van der Waals surface area (Å²) in [6.07, 6.45) is 0. The lowest BCUT2D eigenvalue weighted by Crippen LogP contribution is -2.21. The van der Waals surface area contributed by atoms with E-state index in [4.69, 9.17) is 17.0 Å². The van der Waals surface area contributed by atoms with Crippen molar-refractivity contribution in [1.82, 2.24) is 5.32 Å². The summed E-state index contributed by atoms with van der Waals surface area (Å²) < 4.78 is 5.11. The van der Waals surface area contributed by atoms with Crippen molar-refractivity contribution in [2.75, 3.05) is 13.7 Å². The minimum Gasteiger partial charge on any atom is -0.508 e. The van der Waals surface area contributed by atoms with E-state index < -0.39 is 0 Å². The number of aromatic hydroxyl groups is 1. The predicted octanol–water partition coefficient (Wildman–Crippen LogP) is 1.69. The highest BCUT2D eigenvalue weighted by Gasteiger charge is 2.07. The van der Waals surface area contributed by atoms with Crippen LogP contribution in [0.25, 0.3) is 0 Å². The third-order valence-electron chi connectivity index (χ3n) is 1.77. The van der Waals surface area contributed by atoms with Crippen molar-refractivity contribution in [2.45, 2.75) is 6.92 Å². The normalized spacial score (nSPS) is 9.57. The summed E-state index contributed by atoms with van der Waals surface area (Å²) in [5, 5.41) is 12.3. The molecular formula is C10H13NO2S. The van der Waals surface area contributed by atoms with E-state index in [1.165, 1.54) is 0 Å². The smallest absolute Gasteiger partial charge is 0.132 e. The van der Waals surface area contributed by atoms with Gasteiger partial charge in [-0.25, -0.2) is 0 Å². The highest BCUT2D eigenvalue weighted by Crippen LogP contribution is 2.23. The van der Waals surface area contributed by atoms with E-state index in [2.05, 4.69) is 5.32 Å². The molecule has 0 unspecified atom stereocenters. The zero-order chi connectivity index (χ0) is 10.6. The first-order valence-electron chi connectivity index (χ1n) is 4.34. The number of ether oxygens (including phenoxy) is 1. The molecule has 0 bridgehead atoms. The Morgan fingerprint density at radius 2 is 2.29 bits per heavy atom. The average Bonchev–Trinajstić information content (AvgIpc) is 2.17. The number of thiocarbonyl (C=S) groups is 1. The first-order chi connectivity index (χ1) is 6.69. The molecule has 0 aliphatic rings. The van der Waals surface area contributed by atoms with Crippen molar-refractivity contribution in [3.63, 3.8) is 0 Å². The maximum absolute atomic E-state index is 9.24. The number of phenolic OH excluding ortho intramolecular Hbond substituents is 1. The molecule has 0 fully saturated rings. The van der Waals surface area contributed by atoms with Gasteiger partial charge in [0.05, 0.1) is 12.7 Å². The highest BCUT2D eigenvalue weighted by atomic mass is 32.1. The zero-order valence-corrected chi connectivity index (χ0v) is 9.02. The van der Waals surface area contributed by atoms with Crippen molar-refractivity contribution in [2.24, 2.45) is 0 Å². The summed E-state index contributed by atoms with van der Waals surface area (Å²) in [7, 11) is 1.55. The van der Waals surface area contributed by atoms with Gasteiger partial charge in [-0.1, -0.05) is 12.2 Å². The standard InChI is InChI=1S/C10H13NO2S/c1-3-11-10(14)8-5-4-7(12)6-9(8)13-2/h4-6,12H,3H2,1-2H3,(H,11,14). The topological polar surface area (TPSA) is 41.5 Å². The zero-order valence-electron chi connectivity index (χ0n) is 8.20. The molecule has 76 valence electrons. The first kappa shape index (κ1) is 10.8. The molecule has 0 atom stereocenters. The fourth-order valence-electron chi connectivity index (χ4n) is 1.12. The van der Waals surface area contributed by atoms with Gasteiger partial charge < -0.3 is 15.2 Å². The van der Waals surface area contributed by atoms with E-state index in [9.17, 15) is 5.11 Å². The number of nitrogens with one attached hydrogen (secondary N) is 1. The lowest BCUT2D eigenvalue weighted by molar-refractivity contribution is 0.407. The summed E-state index contributed by atoms with van der Waals surface area (Å²) in [6.45, 7) is 2.74. The van der Waals surface area contributed by atoms with Crippen molar-refractivity contribution < 1.29 is 9.84 Å². The van der Waals surface area contributed by atoms with Crippen LogP contribution < -0.4 is 10.1 Å². The van der Waals surface area contributed by atoms with Gasteiger partial charge in [-0.2, -0.15) is 0 Å². The lowest BCUT2D eigenvalue weighted by atomic mass is 10.2. The van der Waals surface area contributed by atoms with Crippen LogP contribution in [-0.2, 0) is 0 Å². The van der Waals surface area contributed by atoms with Crippen LogP contribution in [0.5, 0.6) is 11.5 Å². The molecule has 0 saturated heterocycles. The van der Waals surface area contributed by atoms with E-state index in [1.807, 2.05) is 6.92 Å². The Balaban J connectivity index is 3.01. The second-order valence-corrected chi connectivity index (χ2v) is 3.15. The van der Waals surface area contributed by atoms with Crippen LogP contribution in [0.3, 0.4) is 0 Å². The fraction of sp³-hybridized carbons (Fsp3) is 0.300.